The van der Waals surface area contributed by atoms with Crippen LogP contribution in [0.5, 0.6) is 0 Å². The van der Waals surface area contributed by atoms with Gasteiger partial charge in [-0.05, 0) is 34.7 Å². The monoisotopic (exact) mass is 249 g/mol. The summed E-state index contributed by atoms with van der Waals surface area (Å²) in [5.74, 6) is 0. The Morgan fingerprint density at radius 1 is 0.789 bits per heavy atom. The molecule has 0 spiro atoms. The lowest BCUT2D eigenvalue weighted by Gasteiger charge is -2.11. The number of allylic oxidation sites excluding steroid dienone is 1. The van der Waals surface area contributed by atoms with E-state index in [2.05, 4.69) is 55.0 Å². The molecule has 1 radical (unpaired) electrons. The van der Waals surface area contributed by atoms with E-state index in [1.54, 1.807) is 0 Å². The zero-order valence-corrected chi connectivity index (χ0v) is 11.4. The lowest BCUT2D eigenvalue weighted by atomic mass is 9.93. The summed E-state index contributed by atoms with van der Waals surface area (Å²) >= 11 is 0. The van der Waals surface area contributed by atoms with Gasteiger partial charge in [-0.25, -0.2) is 0 Å². The summed E-state index contributed by atoms with van der Waals surface area (Å²) in [4.78, 5) is 0. The van der Waals surface area contributed by atoms with Gasteiger partial charge < -0.3 is 0 Å². The van der Waals surface area contributed by atoms with E-state index in [-0.39, 0.29) is 0 Å². The average Bonchev–Trinajstić information content (AvgIpc) is 2.51. The van der Waals surface area contributed by atoms with Crippen molar-refractivity contribution in [2.45, 2.75) is 38.5 Å². The molecule has 0 aromatic heterocycles. The zero-order valence-electron chi connectivity index (χ0n) is 11.4. The fraction of sp³-hybridized carbons (Fsp3) is 0.316. The highest BCUT2D eigenvalue weighted by atomic mass is 14.1. The zero-order chi connectivity index (χ0) is 12.9. The second-order valence-electron chi connectivity index (χ2n) is 5.40. The molecule has 4 rings (SSSR count). The largest absolute Gasteiger partial charge is 0.0795 e. The number of hydrogen-bond acceptors (Lipinski definition) is 0. The average molecular weight is 249 g/mol. The molecule has 0 unspecified atom stereocenters. The van der Waals surface area contributed by atoms with Gasteiger partial charge in [0.05, 0.1) is 0 Å². The van der Waals surface area contributed by atoms with Crippen LogP contribution in [0.25, 0.3) is 16.8 Å². The molecule has 1 fully saturated rings. The molecule has 2 aromatic rings. The number of rotatable bonds is 0. The quantitative estimate of drug-likeness (QED) is 0.573. The summed E-state index contributed by atoms with van der Waals surface area (Å²) in [6.45, 7) is 0. The Hall–Kier alpha value is -1.56. The van der Waals surface area contributed by atoms with Crippen molar-refractivity contribution in [1.82, 2.24) is 0 Å². The van der Waals surface area contributed by atoms with Gasteiger partial charge in [-0.15, -0.1) is 0 Å². The van der Waals surface area contributed by atoms with Crippen LogP contribution in [-0.4, -0.2) is 0 Å². The normalized spacial score (nSPS) is 16.8. The molecule has 0 heterocycles. The Bertz CT molecular complexity index is 557. The van der Waals surface area contributed by atoms with E-state index in [0.29, 0.717) is 0 Å². The molecule has 97 valence electrons. The molecule has 0 saturated heterocycles. The first-order valence-electron chi connectivity index (χ1n) is 7.44. The Balaban J connectivity index is 0.000000155. The maximum atomic E-state index is 2.39. The van der Waals surface area contributed by atoms with Crippen molar-refractivity contribution in [2.24, 2.45) is 0 Å². The lowest BCUT2D eigenvalue weighted by Crippen LogP contribution is -1.91. The molecule has 0 heteroatoms. The highest BCUT2D eigenvalue weighted by Crippen LogP contribution is 2.27. The van der Waals surface area contributed by atoms with Crippen molar-refractivity contribution in [3.63, 3.8) is 0 Å². The third kappa shape index (κ3) is 2.89. The summed E-state index contributed by atoms with van der Waals surface area (Å²) in [5.41, 5.74) is 2.81. The van der Waals surface area contributed by atoms with Crippen LogP contribution in [-0.2, 0) is 6.42 Å². The fourth-order valence-corrected chi connectivity index (χ4v) is 2.97. The summed E-state index contributed by atoms with van der Waals surface area (Å²) in [6.07, 6.45) is 15.0. The SMILES string of the molecule is C1=Cc2cccc3cccc(c23)C1.[CH]1CCCCC1. The molecule has 2 aliphatic rings. The van der Waals surface area contributed by atoms with Crippen LogP contribution >= 0.6 is 0 Å². The van der Waals surface area contributed by atoms with Gasteiger partial charge in [0.2, 0.25) is 0 Å². The highest BCUT2D eigenvalue weighted by molar-refractivity contribution is 5.94. The van der Waals surface area contributed by atoms with E-state index in [1.807, 2.05) is 0 Å². The van der Waals surface area contributed by atoms with E-state index in [9.17, 15) is 0 Å². The molecule has 0 bridgehead atoms. The van der Waals surface area contributed by atoms with Gasteiger partial charge in [0, 0.05) is 0 Å². The topological polar surface area (TPSA) is 0 Å². The second kappa shape index (κ2) is 6.06. The smallest absolute Gasteiger partial charge is 0.00763 e. The Labute approximate surface area is 116 Å². The number of hydrogen-bond donors (Lipinski definition) is 0. The minimum atomic E-state index is 1.08. The maximum Gasteiger partial charge on any atom is -0.00763 e. The summed E-state index contributed by atoms with van der Waals surface area (Å²) in [5, 5.41) is 2.80. The fourth-order valence-electron chi connectivity index (χ4n) is 2.97. The Kier molecular flexibility index (Phi) is 3.98. The molecule has 2 aliphatic carbocycles. The van der Waals surface area contributed by atoms with Gasteiger partial charge in [-0.2, -0.15) is 0 Å². The van der Waals surface area contributed by atoms with Gasteiger partial charge in [-0.1, -0.05) is 80.7 Å². The van der Waals surface area contributed by atoms with E-state index in [4.69, 9.17) is 0 Å². The van der Waals surface area contributed by atoms with Crippen LogP contribution in [0.3, 0.4) is 0 Å². The van der Waals surface area contributed by atoms with Crippen LogP contribution in [0.1, 0.15) is 43.2 Å². The third-order valence-corrected chi connectivity index (χ3v) is 3.97. The van der Waals surface area contributed by atoms with Gasteiger partial charge in [0.15, 0.2) is 0 Å². The van der Waals surface area contributed by atoms with Gasteiger partial charge in [0.1, 0.15) is 0 Å². The first-order chi connectivity index (χ1) is 9.45. The summed E-state index contributed by atoms with van der Waals surface area (Å²) in [6, 6.07) is 13.0. The maximum absolute atomic E-state index is 2.39. The minimum absolute atomic E-state index is 1.08. The van der Waals surface area contributed by atoms with Crippen molar-refractivity contribution in [2.75, 3.05) is 0 Å². The summed E-state index contributed by atoms with van der Waals surface area (Å²) < 4.78 is 0. The summed E-state index contributed by atoms with van der Waals surface area (Å²) in [7, 11) is 0. The van der Waals surface area contributed by atoms with E-state index in [0.717, 1.165) is 6.42 Å². The minimum Gasteiger partial charge on any atom is -0.0795 e. The predicted octanol–water partition coefficient (Wildman–Crippen LogP) is 5.56. The Morgan fingerprint density at radius 3 is 2.26 bits per heavy atom. The van der Waals surface area contributed by atoms with Crippen molar-refractivity contribution in [3.05, 3.63) is 60.0 Å². The van der Waals surface area contributed by atoms with Gasteiger partial charge in [-0.3, -0.25) is 0 Å². The standard InChI is InChI=1S/C13H10.C6H11/c1-4-10-6-2-8-12-9-3-7-11(5-1)13(10)12;1-2-4-6-5-3-1/h1-8H,9H2;1H,2-6H2. The van der Waals surface area contributed by atoms with E-state index in [1.165, 1.54) is 54.0 Å². The molecule has 19 heavy (non-hydrogen) atoms. The van der Waals surface area contributed by atoms with E-state index >= 15 is 0 Å². The number of benzene rings is 2. The molecule has 1 saturated carbocycles. The van der Waals surface area contributed by atoms with Crippen LogP contribution < -0.4 is 0 Å². The molecule has 0 nitrogen and oxygen atoms in total. The molecule has 0 amide bonds. The van der Waals surface area contributed by atoms with Crippen LogP contribution in [0.15, 0.2) is 42.5 Å². The highest BCUT2D eigenvalue weighted by Gasteiger charge is 2.06. The Morgan fingerprint density at radius 2 is 1.58 bits per heavy atom. The molecule has 0 N–H and O–H groups in total. The van der Waals surface area contributed by atoms with Crippen molar-refractivity contribution in [1.29, 1.82) is 0 Å². The first kappa shape index (κ1) is 12.5. The van der Waals surface area contributed by atoms with Crippen LogP contribution in [0.4, 0.5) is 0 Å². The lowest BCUT2D eigenvalue weighted by molar-refractivity contribution is 0.593. The molecule has 0 atom stereocenters. The van der Waals surface area contributed by atoms with Crippen LogP contribution in [0.2, 0.25) is 0 Å². The molecule has 0 aliphatic heterocycles. The third-order valence-electron chi connectivity index (χ3n) is 3.97. The van der Waals surface area contributed by atoms with Crippen molar-refractivity contribution < 1.29 is 0 Å². The van der Waals surface area contributed by atoms with Crippen molar-refractivity contribution >= 4 is 16.8 Å². The van der Waals surface area contributed by atoms with Gasteiger partial charge in [0.25, 0.3) is 0 Å². The predicted molar refractivity (Wildman–Crippen MR) is 84.1 cm³/mol. The second-order valence-corrected chi connectivity index (χ2v) is 5.40. The molecular formula is C19H21. The van der Waals surface area contributed by atoms with Crippen molar-refractivity contribution in [3.8, 4) is 0 Å². The molecule has 2 aromatic carbocycles. The van der Waals surface area contributed by atoms with Crippen LogP contribution in [0, 0.1) is 6.42 Å². The van der Waals surface area contributed by atoms with Gasteiger partial charge >= 0.3 is 0 Å². The first-order valence-corrected chi connectivity index (χ1v) is 7.44. The van der Waals surface area contributed by atoms with E-state index < -0.39 is 0 Å². The molecular weight excluding hydrogens is 228 g/mol.